The van der Waals surface area contributed by atoms with Gasteiger partial charge in [0.2, 0.25) is 0 Å². The summed E-state index contributed by atoms with van der Waals surface area (Å²) in [6, 6.07) is 6.36. The number of amides is 1. The maximum Gasteiger partial charge on any atom is 0.287 e. The number of likely N-dealkylation sites (tertiary alicyclic amines) is 1. The first-order valence-corrected chi connectivity index (χ1v) is 11.2. The van der Waals surface area contributed by atoms with Crippen molar-refractivity contribution < 1.29 is 19.1 Å². The Kier molecular flexibility index (Phi) is 7.79. The van der Waals surface area contributed by atoms with Gasteiger partial charge in [-0.05, 0) is 81.8 Å². The molecule has 0 aliphatic carbocycles. The normalized spacial score (nSPS) is 15.5. The zero-order valence-corrected chi connectivity index (χ0v) is 19.5. The molecule has 1 aromatic heterocycles. The molecule has 6 heteroatoms. The Morgan fingerprint density at radius 1 is 1.23 bits per heavy atom. The highest BCUT2D eigenvalue weighted by molar-refractivity contribution is 5.91. The van der Waals surface area contributed by atoms with E-state index in [-0.39, 0.29) is 12.5 Å². The maximum absolute atomic E-state index is 12.3. The molecule has 0 radical (unpaired) electrons. The number of benzene rings is 1. The number of aliphatic hydroxyl groups excluding tert-OH is 1. The molecule has 2 aromatic rings. The van der Waals surface area contributed by atoms with Crippen LogP contribution in [0.4, 0.5) is 0 Å². The molecule has 1 aliphatic heterocycles. The van der Waals surface area contributed by atoms with Crippen LogP contribution in [0.2, 0.25) is 0 Å². The van der Waals surface area contributed by atoms with E-state index in [0.717, 1.165) is 43.0 Å². The smallest absolute Gasteiger partial charge is 0.287 e. The number of aliphatic hydroxyl groups is 1. The molecule has 0 bridgehead atoms. The summed E-state index contributed by atoms with van der Waals surface area (Å²) in [4.78, 5) is 14.7. The van der Waals surface area contributed by atoms with Gasteiger partial charge in [0.1, 0.15) is 11.5 Å². The van der Waals surface area contributed by atoms with E-state index in [1.807, 2.05) is 13.8 Å². The van der Waals surface area contributed by atoms with Crippen LogP contribution in [0.5, 0.6) is 5.75 Å². The van der Waals surface area contributed by atoms with E-state index in [9.17, 15) is 4.79 Å². The fraction of sp³-hybridized carbons (Fsp3) is 0.560. The van der Waals surface area contributed by atoms with Crippen molar-refractivity contribution in [3.63, 3.8) is 0 Å². The first kappa shape index (κ1) is 23.4. The second-order valence-corrected chi connectivity index (χ2v) is 8.74. The third-order valence-electron chi connectivity index (χ3n) is 6.51. The number of carbonyl (C=O) groups excluding carboxylic acids is 1. The largest absolute Gasteiger partial charge is 0.493 e. The zero-order chi connectivity index (χ0) is 22.5. The van der Waals surface area contributed by atoms with E-state index in [2.05, 4.69) is 43.1 Å². The van der Waals surface area contributed by atoms with Crippen molar-refractivity contribution in [3.05, 3.63) is 52.0 Å². The summed E-state index contributed by atoms with van der Waals surface area (Å²) in [5.41, 5.74) is 4.78. The Labute approximate surface area is 185 Å². The second kappa shape index (κ2) is 10.3. The van der Waals surface area contributed by atoms with Crippen LogP contribution in [0, 0.1) is 33.6 Å². The number of nitrogens with zero attached hydrogens (tertiary/aromatic N) is 1. The molecular weight excluding hydrogens is 392 g/mol. The summed E-state index contributed by atoms with van der Waals surface area (Å²) in [5, 5.41) is 11.9. The summed E-state index contributed by atoms with van der Waals surface area (Å²) in [6.45, 7) is 13.8. The van der Waals surface area contributed by atoms with E-state index in [4.69, 9.17) is 14.3 Å². The van der Waals surface area contributed by atoms with E-state index in [0.29, 0.717) is 30.9 Å². The molecule has 0 saturated carbocycles. The predicted octanol–water partition coefficient (Wildman–Crippen LogP) is 4.09. The molecule has 6 nitrogen and oxygen atoms in total. The average Bonchev–Trinajstić information content (AvgIpc) is 3.05. The molecular formula is C25H36N2O4. The molecule has 3 rings (SSSR count). The molecule has 2 heterocycles. The highest BCUT2D eigenvalue weighted by atomic mass is 16.5. The highest BCUT2D eigenvalue weighted by Crippen LogP contribution is 2.34. The van der Waals surface area contributed by atoms with Gasteiger partial charge in [0.25, 0.3) is 5.91 Å². The Hall–Kier alpha value is -2.31. The number of ether oxygens (including phenoxy) is 1. The van der Waals surface area contributed by atoms with E-state index >= 15 is 0 Å². The minimum atomic E-state index is -0.135. The van der Waals surface area contributed by atoms with Crippen molar-refractivity contribution in [1.29, 1.82) is 0 Å². The molecule has 1 aromatic carbocycles. The first-order valence-electron chi connectivity index (χ1n) is 11.2. The monoisotopic (exact) mass is 428 g/mol. The highest BCUT2D eigenvalue weighted by Gasteiger charge is 2.32. The van der Waals surface area contributed by atoms with Crippen LogP contribution in [0.25, 0.3) is 0 Å². The number of hydrogen-bond donors (Lipinski definition) is 2. The van der Waals surface area contributed by atoms with Gasteiger partial charge < -0.3 is 19.6 Å². The summed E-state index contributed by atoms with van der Waals surface area (Å²) >= 11 is 0. The standard InChI is InChI=1S/C25H36N2O4/c1-16-12-24(31-20(16)5)25(29)26-13-21-14-27(15-21)19(4)22-8-9-23(18(3)17(22)2)30-11-7-6-10-28/h8-9,12,19,21,28H,6-7,10-11,13-15H2,1-5H3,(H,26,29). The van der Waals surface area contributed by atoms with Crippen molar-refractivity contribution in [2.75, 3.05) is 32.8 Å². The van der Waals surface area contributed by atoms with Gasteiger partial charge in [-0.15, -0.1) is 0 Å². The molecule has 1 amide bonds. The summed E-state index contributed by atoms with van der Waals surface area (Å²) in [5.74, 6) is 2.44. The van der Waals surface area contributed by atoms with Gasteiger partial charge in [-0.3, -0.25) is 9.69 Å². The van der Waals surface area contributed by atoms with Crippen molar-refractivity contribution in [2.45, 2.75) is 53.5 Å². The second-order valence-electron chi connectivity index (χ2n) is 8.74. The van der Waals surface area contributed by atoms with E-state index in [1.54, 1.807) is 6.07 Å². The van der Waals surface area contributed by atoms with Gasteiger partial charge >= 0.3 is 0 Å². The lowest BCUT2D eigenvalue weighted by molar-refractivity contribution is 0.0564. The van der Waals surface area contributed by atoms with Gasteiger partial charge in [0.05, 0.1) is 6.61 Å². The molecule has 1 fully saturated rings. The molecule has 2 N–H and O–H groups in total. The molecule has 1 saturated heterocycles. The number of hydrogen-bond acceptors (Lipinski definition) is 5. The molecule has 1 atom stereocenters. The molecule has 31 heavy (non-hydrogen) atoms. The Bertz CT molecular complexity index is 880. The topological polar surface area (TPSA) is 74.9 Å². The molecule has 170 valence electrons. The zero-order valence-electron chi connectivity index (χ0n) is 19.5. The van der Waals surface area contributed by atoms with Crippen molar-refractivity contribution >= 4 is 5.91 Å². The lowest BCUT2D eigenvalue weighted by Gasteiger charge is -2.44. The van der Waals surface area contributed by atoms with Crippen LogP contribution in [0.3, 0.4) is 0 Å². The maximum atomic E-state index is 12.3. The Balaban J connectivity index is 1.49. The number of unbranched alkanes of at least 4 members (excludes halogenated alkanes) is 1. The first-order chi connectivity index (χ1) is 14.8. The van der Waals surface area contributed by atoms with Gasteiger partial charge in [-0.2, -0.15) is 0 Å². The van der Waals surface area contributed by atoms with Crippen LogP contribution in [0.15, 0.2) is 22.6 Å². The van der Waals surface area contributed by atoms with Gasteiger partial charge in [-0.1, -0.05) is 6.07 Å². The summed E-state index contributed by atoms with van der Waals surface area (Å²) in [6.07, 6.45) is 1.63. The Morgan fingerprint density at radius 3 is 2.61 bits per heavy atom. The Morgan fingerprint density at radius 2 is 1.97 bits per heavy atom. The third kappa shape index (κ3) is 5.49. The molecule has 1 unspecified atom stereocenters. The van der Waals surface area contributed by atoms with Gasteiger partial charge in [0.15, 0.2) is 5.76 Å². The van der Waals surface area contributed by atoms with E-state index < -0.39 is 0 Å². The number of carbonyl (C=O) groups is 1. The number of rotatable bonds is 10. The SMILES string of the molecule is Cc1cc(C(=O)NCC2CN(C(C)c3ccc(OCCCCO)c(C)c3C)C2)oc1C. The van der Waals surface area contributed by atoms with E-state index in [1.165, 1.54) is 16.7 Å². The minimum absolute atomic E-state index is 0.135. The van der Waals surface area contributed by atoms with Crippen LogP contribution in [-0.2, 0) is 0 Å². The van der Waals surface area contributed by atoms with Gasteiger partial charge in [-0.25, -0.2) is 0 Å². The summed E-state index contributed by atoms with van der Waals surface area (Å²) in [7, 11) is 0. The number of furan rings is 1. The van der Waals surface area contributed by atoms with Crippen LogP contribution < -0.4 is 10.1 Å². The fourth-order valence-corrected chi connectivity index (χ4v) is 4.08. The molecule has 1 aliphatic rings. The van der Waals surface area contributed by atoms with Crippen molar-refractivity contribution in [2.24, 2.45) is 5.92 Å². The van der Waals surface area contributed by atoms with Gasteiger partial charge in [0, 0.05) is 38.2 Å². The van der Waals surface area contributed by atoms with Crippen LogP contribution >= 0.6 is 0 Å². The molecule has 0 spiro atoms. The average molecular weight is 429 g/mol. The quantitative estimate of drug-likeness (QED) is 0.558. The third-order valence-corrected chi connectivity index (χ3v) is 6.51. The fourth-order valence-electron chi connectivity index (χ4n) is 4.08. The van der Waals surface area contributed by atoms with Crippen molar-refractivity contribution in [1.82, 2.24) is 10.2 Å². The summed E-state index contributed by atoms with van der Waals surface area (Å²) < 4.78 is 11.4. The number of aryl methyl sites for hydroxylation is 2. The van der Waals surface area contributed by atoms with Crippen molar-refractivity contribution in [3.8, 4) is 5.75 Å². The number of nitrogens with one attached hydrogen (secondary N) is 1. The van der Waals surface area contributed by atoms with Crippen LogP contribution in [0.1, 0.15) is 64.4 Å². The lowest BCUT2D eigenvalue weighted by atomic mass is 9.91. The predicted molar refractivity (Wildman–Crippen MR) is 122 cm³/mol. The minimum Gasteiger partial charge on any atom is -0.493 e. The lowest BCUT2D eigenvalue weighted by Crippen LogP contribution is -2.52. The van der Waals surface area contributed by atoms with Crippen LogP contribution in [-0.4, -0.2) is 48.8 Å².